The van der Waals surface area contributed by atoms with Crippen molar-refractivity contribution in [1.82, 2.24) is 9.97 Å². The third-order valence-electron chi connectivity index (χ3n) is 2.94. The van der Waals surface area contributed by atoms with Crippen molar-refractivity contribution in [3.05, 3.63) is 6.07 Å². The first-order valence-corrected chi connectivity index (χ1v) is 7.04. The second-order valence-electron chi connectivity index (χ2n) is 4.76. The van der Waals surface area contributed by atoms with E-state index < -0.39 is 0 Å². The zero-order valence-electron chi connectivity index (χ0n) is 10.9. The minimum Gasteiger partial charge on any atom is -0.377 e. The summed E-state index contributed by atoms with van der Waals surface area (Å²) in [5, 5.41) is 0.711. The van der Waals surface area contributed by atoms with Crippen LogP contribution in [0.15, 0.2) is 11.2 Å². The van der Waals surface area contributed by atoms with Gasteiger partial charge in [-0.3, -0.25) is 0 Å². The molecule has 1 saturated heterocycles. The fraction of sp³-hybridized carbons (Fsp3) is 0.636. The molecule has 1 fully saturated rings. The van der Waals surface area contributed by atoms with E-state index >= 15 is 0 Å². The van der Waals surface area contributed by atoms with Crippen LogP contribution in [-0.2, 0) is 4.74 Å². The highest BCUT2D eigenvalue weighted by molar-refractivity contribution is 7.98. The summed E-state index contributed by atoms with van der Waals surface area (Å²) in [5.41, 5.74) is 2.51. The average molecular weight is 269 g/mol. The first-order chi connectivity index (χ1) is 8.56. The highest BCUT2D eigenvalue weighted by Gasteiger charge is 2.32. The van der Waals surface area contributed by atoms with Crippen LogP contribution in [0, 0.1) is 0 Å². The number of hydrazine groups is 1. The van der Waals surface area contributed by atoms with Crippen molar-refractivity contribution in [3.63, 3.8) is 0 Å². The van der Waals surface area contributed by atoms with Crippen LogP contribution in [0.1, 0.15) is 13.8 Å². The van der Waals surface area contributed by atoms with Crippen LogP contribution in [0.25, 0.3) is 0 Å². The van der Waals surface area contributed by atoms with E-state index in [9.17, 15) is 0 Å². The van der Waals surface area contributed by atoms with Gasteiger partial charge in [-0.15, -0.1) is 0 Å². The average Bonchev–Trinajstić information content (AvgIpc) is 2.37. The summed E-state index contributed by atoms with van der Waals surface area (Å²) in [6, 6.07) is 1.87. The third-order valence-corrected chi connectivity index (χ3v) is 3.49. The van der Waals surface area contributed by atoms with E-state index in [1.807, 2.05) is 12.3 Å². The molecule has 0 saturated carbocycles. The van der Waals surface area contributed by atoms with E-state index in [-0.39, 0.29) is 5.54 Å². The Morgan fingerprint density at radius 2 is 2.28 bits per heavy atom. The minimum atomic E-state index is -0.0752. The lowest BCUT2D eigenvalue weighted by molar-refractivity contribution is 0.0638. The van der Waals surface area contributed by atoms with Crippen molar-refractivity contribution in [1.29, 1.82) is 0 Å². The first kappa shape index (κ1) is 13.4. The molecule has 0 radical (unpaired) electrons. The molecule has 0 aliphatic carbocycles. The molecule has 2 heterocycles. The minimum absolute atomic E-state index is 0.0752. The highest BCUT2D eigenvalue weighted by Crippen LogP contribution is 2.28. The number of ether oxygens (including phenoxy) is 1. The molecular formula is C11H19N5OS. The second kappa shape index (κ2) is 5.29. The zero-order valence-corrected chi connectivity index (χ0v) is 11.8. The predicted molar refractivity (Wildman–Crippen MR) is 73.9 cm³/mol. The summed E-state index contributed by atoms with van der Waals surface area (Å²) < 4.78 is 5.52. The number of thioether (sulfide) groups is 1. The van der Waals surface area contributed by atoms with Crippen LogP contribution in [0.5, 0.6) is 0 Å². The molecule has 6 nitrogen and oxygen atoms in total. The molecule has 18 heavy (non-hydrogen) atoms. The van der Waals surface area contributed by atoms with Crippen LogP contribution < -0.4 is 16.2 Å². The fourth-order valence-electron chi connectivity index (χ4n) is 2.00. The van der Waals surface area contributed by atoms with Crippen LogP contribution >= 0.6 is 11.8 Å². The van der Waals surface area contributed by atoms with Gasteiger partial charge in [-0.25, -0.2) is 15.8 Å². The van der Waals surface area contributed by atoms with E-state index in [0.717, 1.165) is 12.4 Å². The third kappa shape index (κ3) is 2.68. The molecule has 0 spiro atoms. The van der Waals surface area contributed by atoms with E-state index in [4.69, 9.17) is 10.6 Å². The van der Waals surface area contributed by atoms with E-state index in [1.165, 1.54) is 11.8 Å². The number of hydrogen-bond acceptors (Lipinski definition) is 7. The number of hydrogen-bond donors (Lipinski definition) is 2. The maximum atomic E-state index is 5.52. The predicted octanol–water partition coefficient (Wildman–Crippen LogP) is 1.10. The van der Waals surface area contributed by atoms with Gasteiger partial charge in [0.15, 0.2) is 5.16 Å². The number of anilines is 2. The normalized spacial score (nSPS) is 18.8. The summed E-state index contributed by atoms with van der Waals surface area (Å²) in [6.07, 6.45) is 1.95. The van der Waals surface area contributed by atoms with Crippen molar-refractivity contribution in [3.8, 4) is 0 Å². The Labute approximate surface area is 111 Å². The lowest BCUT2D eigenvalue weighted by atomic mass is 10.0. The molecule has 1 aromatic rings. The van der Waals surface area contributed by atoms with Gasteiger partial charge in [-0.1, -0.05) is 11.8 Å². The summed E-state index contributed by atoms with van der Waals surface area (Å²) in [5.74, 6) is 6.96. The van der Waals surface area contributed by atoms with Crippen LogP contribution in [0.2, 0.25) is 0 Å². The van der Waals surface area contributed by atoms with Crippen LogP contribution in [-0.4, -0.2) is 41.5 Å². The SMILES string of the molecule is CSc1nc(NN)cc(N2CCOCC2(C)C)n1. The van der Waals surface area contributed by atoms with Gasteiger partial charge in [0.2, 0.25) is 0 Å². The van der Waals surface area contributed by atoms with E-state index in [1.54, 1.807) is 0 Å². The maximum absolute atomic E-state index is 5.52. The Kier molecular flexibility index (Phi) is 3.94. The Balaban J connectivity index is 2.36. The first-order valence-electron chi connectivity index (χ1n) is 5.82. The monoisotopic (exact) mass is 269 g/mol. The topological polar surface area (TPSA) is 76.3 Å². The number of aromatic nitrogens is 2. The number of nitrogen functional groups attached to an aromatic ring is 1. The molecule has 2 rings (SSSR count). The summed E-state index contributed by atoms with van der Waals surface area (Å²) in [6.45, 7) is 6.51. The van der Waals surface area contributed by atoms with Gasteiger partial charge < -0.3 is 15.1 Å². The Bertz CT molecular complexity index is 404. The van der Waals surface area contributed by atoms with Gasteiger partial charge in [0.05, 0.1) is 18.8 Å². The second-order valence-corrected chi connectivity index (χ2v) is 5.53. The van der Waals surface area contributed by atoms with Gasteiger partial charge in [-0.05, 0) is 20.1 Å². The van der Waals surface area contributed by atoms with Gasteiger partial charge in [0, 0.05) is 12.6 Å². The molecule has 7 heteroatoms. The lowest BCUT2D eigenvalue weighted by Gasteiger charge is -2.43. The molecule has 1 aliphatic rings. The Morgan fingerprint density at radius 1 is 1.50 bits per heavy atom. The number of morpholine rings is 1. The smallest absolute Gasteiger partial charge is 0.191 e. The van der Waals surface area contributed by atoms with Crippen molar-refractivity contribution >= 4 is 23.4 Å². The van der Waals surface area contributed by atoms with Crippen molar-refractivity contribution < 1.29 is 4.74 Å². The molecule has 0 bridgehead atoms. The van der Waals surface area contributed by atoms with Gasteiger partial charge >= 0.3 is 0 Å². The van der Waals surface area contributed by atoms with Crippen molar-refractivity contribution in [2.24, 2.45) is 5.84 Å². The molecule has 0 aromatic carbocycles. The largest absolute Gasteiger partial charge is 0.377 e. The molecule has 3 N–H and O–H groups in total. The van der Waals surface area contributed by atoms with Crippen LogP contribution in [0.4, 0.5) is 11.6 Å². The standard InChI is InChI=1S/C11H19N5OS/c1-11(2)7-17-5-4-16(11)9-6-8(15-12)13-10(14-9)18-3/h6H,4-5,7,12H2,1-3H3,(H,13,14,15). The maximum Gasteiger partial charge on any atom is 0.191 e. The Hall–Kier alpha value is -1.05. The number of nitrogens with one attached hydrogen (secondary N) is 1. The lowest BCUT2D eigenvalue weighted by Crippen LogP contribution is -2.53. The molecule has 1 aromatic heterocycles. The zero-order chi connectivity index (χ0) is 13.2. The van der Waals surface area contributed by atoms with Gasteiger partial charge in [0.25, 0.3) is 0 Å². The number of nitrogens with zero attached hydrogens (tertiary/aromatic N) is 3. The van der Waals surface area contributed by atoms with E-state index in [2.05, 4.69) is 34.1 Å². The molecule has 0 atom stereocenters. The summed E-state index contributed by atoms with van der Waals surface area (Å²) >= 11 is 1.50. The van der Waals surface area contributed by atoms with E-state index in [0.29, 0.717) is 24.2 Å². The summed E-state index contributed by atoms with van der Waals surface area (Å²) in [4.78, 5) is 11.1. The molecule has 1 aliphatic heterocycles. The molecule has 0 amide bonds. The quantitative estimate of drug-likeness (QED) is 0.368. The molecular weight excluding hydrogens is 250 g/mol. The molecule has 0 unspecified atom stereocenters. The number of rotatable bonds is 3. The highest BCUT2D eigenvalue weighted by atomic mass is 32.2. The van der Waals surface area contributed by atoms with Crippen molar-refractivity contribution in [2.45, 2.75) is 24.5 Å². The Morgan fingerprint density at radius 3 is 2.89 bits per heavy atom. The fourth-order valence-corrected chi connectivity index (χ4v) is 2.37. The van der Waals surface area contributed by atoms with Gasteiger partial charge in [0.1, 0.15) is 11.6 Å². The van der Waals surface area contributed by atoms with Gasteiger partial charge in [-0.2, -0.15) is 0 Å². The number of nitrogens with two attached hydrogens (primary N) is 1. The van der Waals surface area contributed by atoms with Crippen LogP contribution in [0.3, 0.4) is 0 Å². The summed E-state index contributed by atoms with van der Waals surface area (Å²) in [7, 11) is 0. The van der Waals surface area contributed by atoms with Crippen molar-refractivity contribution in [2.75, 3.05) is 36.3 Å². The molecule has 100 valence electrons.